The first-order chi connectivity index (χ1) is 9.51. The summed E-state index contributed by atoms with van der Waals surface area (Å²) in [7, 11) is 3.67. The first-order valence-electron chi connectivity index (χ1n) is 5.93. The second kappa shape index (κ2) is 6.56. The molecule has 0 aliphatic rings. The Bertz CT molecular complexity index is 627. The van der Waals surface area contributed by atoms with Crippen molar-refractivity contribution in [3.63, 3.8) is 0 Å². The quantitative estimate of drug-likeness (QED) is 0.812. The maximum absolute atomic E-state index is 5.80. The molecule has 0 unspecified atom stereocenters. The summed E-state index contributed by atoms with van der Waals surface area (Å²) in [6.07, 6.45) is 0. The van der Waals surface area contributed by atoms with E-state index in [4.69, 9.17) is 22.7 Å². The zero-order valence-corrected chi connectivity index (χ0v) is 14.4. The molecule has 0 radical (unpaired) electrons. The van der Waals surface area contributed by atoms with Crippen LogP contribution in [0.4, 0.5) is 5.69 Å². The fourth-order valence-electron chi connectivity index (χ4n) is 1.92. The first-order valence-corrected chi connectivity index (χ1v) is 8.01. The number of ether oxygens (including phenoxy) is 1. The number of hydrogen-bond acceptors (Lipinski definition) is 4. The van der Waals surface area contributed by atoms with Crippen molar-refractivity contribution in [3.05, 3.63) is 44.6 Å². The lowest BCUT2D eigenvalue weighted by Crippen LogP contribution is -2.21. The van der Waals surface area contributed by atoms with E-state index in [0.29, 0.717) is 4.99 Å². The lowest BCUT2D eigenvalue weighted by Gasteiger charge is -2.22. The van der Waals surface area contributed by atoms with Crippen LogP contribution in [0, 0.1) is 0 Å². The summed E-state index contributed by atoms with van der Waals surface area (Å²) in [6.45, 7) is 0.791. The van der Waals surface area contributed by atoms with Crippen molar-refractivity contribution in [1.82, 2.24) is 0 Å². The van der Waals surface area contributed by atoms with E-state index in [1.54, 1.807) is 18.4 Å². The number of thiocarbonyl (C=S) groups is 1. The van der Waals surface area contributed by atoms with Gasteiger partial charge < -0.3 is 15.4 Å². The van der Waals surface area contributed by atoms with Gasteiger partial charge in [0.15, 0.2) is 0 Å². The lowest BCUT2D eigenvalue weighted by molar-refractivity contribution is 0.415. The molecule has 0 spiro atoms. The molecule has 0 saturated heterocycles. The summed E-state index contributed by atoms with van der Waals surface area (Å²) in [5, 5.41) is 2.07. The highest BCUT2D eigenvalue weighted by atomic mass is 79.9. The monoisotopic (exact) mass is 370 g/mol. The Hall–Kier alpha value is -1.11. The third-order valence-electron chi connectivity index (χ3n) is 2.90. The Morgan fingerprint density at radius 1 is 1.45 bits per heavy atom. The molecule has 0 fully saturated rings. The highest BCUT2D eigenvalue weighted by molar-refractivity contribution is 9.10. The van der Waals surface area contributed by atoms with Crippen molar-refractivity contribution in [2.45, 2.75) is 6.54 Å². The summed E-state index contributed by atoms with van der Waals surface area (Å²) >= 11 is 10.3. The topological polar surface area (TPSA) is 38.5 Å². The molecular formula is C14H15BrN2OS2. The van der Waals surface area contributed by atoms with Crippen LogP contribution in [0.3, 0.4) is 0 Å². The Kier molecular flexibility index (Phi) is 5.01. The van der Waals surface area contributed by atoms with E-state index in [9.17, 15) is 0 Å². The van der Waals surface area contributed by atoms with Gasteiger partial charge in [-0.2, -0.15) is 0 Å². The first kappa shape index (κ1) is 15.3. The van der Waals surface area contributed by atoms with Crippen LogP contribution < -0.4 is 15.4 Å². The van der Waals surface area contributed by atoms with Crippen LogP contribution in [0.1, 0.15) is 10.4 Å². The lowest BCUT2D eigenvalue weighted by atomic mass is 10.1. The highest BCUT2D eigenvalue weighted by Crippen LogP contribution is 2.28. The van der Waals surface area contributed by atoms with Crippen LogP contribution in [0.5, 0.6) is 5.75 Å². The molecule has 6 heteroatoms. The van der Waals surface area contributed by atoms with Gasteiger partial charge in [-0.3, -0.25) is 0 Å². The third-order valence-corrected chi connectivity index (χ3v) is 4.80. The van der Waals surface area contributed by atoms with E-state index in [2.05, 4.69) is 32.3 Å². The van der Waals surface area contributed by atoms with Crippen LogP contribution in [-0.2, 0) is 6.54 Å². The molecule has 0 saturated carbocycles. The van der Waals surface area contributed by atoms with Gasteiger partial charge in [0.2, 0.25) is 0 Å². The number of thiophene rings is 1. The number of nitrogens with two attached hydrogens (primary N) is 1. The zero-order valence-electron chi connectivity index (χ0n) is 11.2. The summed E-state index contributed by atoms with van der Waals surface area (Å²) in [4.78, 5) is 3.77. The minimum atomic E-state index is 0.391. The molecular weight excluding hydrogens is 356 g/mol. The molecule has 0 bridgehead atoms. The molecule has 2 aromatic rings. The third kappa shape index (κ3) is 3.50. The standard InChI is InChI=1S/C14H15BrN2OS2/c1-17(7-11-5-9(15)8-20-11)13-6-10(18-2)3-4-12(13)14(16)19/h3-6,8H,7H2,1-2H3,(H2,16,19). The average molecular weight is 371 g/mol. The summed E-state index contributed by atoms with van der Waals surface area (Å²) in [5.74, 6) is 0.791. The van der Waals surface area contributed by atoms with Gasteiger partial charge in [0.1, 0.15) is 10.7 Å². The molecule has 3 nitrogen and oxygen atoms in total. The van der Waals surface area contributed by atoms with E-state index in [1.807, 2.05) is 25.2 Å². The molecule has 1 aromatic heterocycles. The fourth-order valence-corrected chi connectivity index (χ4v) is 3.59. The van der Waals surface area contributed by atoms with Gasteiger partial charge >= 0.3 is 0 Å². The molecule has 0 amide bonds. The maximum atomic E-state index is 5.80. The predicted octanol–water partition coefficient (Wildman–Crippen LogP) is 3.79. The summed E-state index contributed by atoms with van der Waals surface area (Å²) in [6, 6.07) is 7.84. The number of rotatable bonds is 5. The fraction of sp³-hybridized carbons (Fsp3) is 0.214. The normalized spacial score (nSPS) is 10.3. The van der Waals surface area contributed by atoms with Gasteiger partial charge in [0.05, 0.1) is 19.3 Å². The number of halogens is 1. The Morgan fingerprint density at radius 2 is 2.20 bits per heavy atom. The molecule has 20 heavy (non-hydrogen) atoms. The van der Waals surface area contributed by atoms with Crippen molar-refractivity contribution in [3.8, 4) is 5.75 Å². The van der Waals surface area contributed by atoms with Gasteiger partial charge in [-0.15, -0.1) is 11.3 Å². The Morgan fingerprint density at radius 3 is 2.75 bits per heavy atom. The number of anilines is 1. The second-order valence-corrected chi connectivity index (χ2v) is 6.69. The van der Waals surface area contributed by atoms with Crippen molar-refractivity contribution >= 4 is 50.2 Å². The van der Waals surface area contributed by atoms with E-state index in [0.717, 1.165) is 28.0 Å². The summed E-state index contributed by atoms with van der Waals surface area (Å²) < 4.78 is 6.38. The SMILES string of the molecule is COc1ccc(C(N)=S)c(N(C)Cc2cc(Br)cs2)c1. The van der Waals surface area contributed by atoms with Crippen LogP contribution in [0.15, 0.2) is 34.1 Å². The van der Waals surface area contributed by atoms with Crippen LogP contribution >= 0.6 is 39.5 Å². The van der Waals surface area contributed by atoms with Gasteiger partial charge in [-0.1, -0.05) is 12.2 Å². The number of nitrogens with zero attached hydrogens (tertiary/aromatic N) is 1. The molecule has 0 aliphatic heterocycles. The minimum absolute atomic E-state index is 0.391. The van der Waals surface area contributed by atoms with E-state index in [-0.39, 0.29) is 0 Å². The molecule has 0 atom stereocenters. The predicted molar refractivity (Wildman–Crippen MR) is 93.0 cm³/mol. The van der Waals surface area contributed by atoms with E-state index in [1.165, 1.54) is 4.88 Å². The molecule has 0 aliphatic carbocycles. The summed E-state index contributed by atoms with van der Waals surface area (Å²) in [5.41, 5.74) is 7.63. The van der Waals surface area contributed by atoms with Crippen molar-refractivity contribution in [2.75, 3.05) is 19.1 Å². The number of hydrogen-bond donors (Lipinski definition) is 1. The average Bonchev–Trinajstić information content (AvgIpc) is 2.83. The molecule has 1 heterocycles. The zero-order chi connectivity index (χ0) is 14.7. The Labute approximate surface area is 136 Å². The van der Waals surface area contributed by atoms with Gasteiger partial charge in [0.25, 0.3) is 0 Å². The smallest absolute Gasteiger partial charge is 0.120 e. The van der Waals surface area contributed by atoms with Crippen molar-refractivity contribution in [2.24, 2.45) is 5.73 Å². The molecule has 2 rings (SSSR count). The largest absolute Gasteiger partial charge is 0.497 e. The van der Waals surface area contributed by atoms with E-state index >= 15 is 0 Å². The van der Waals surface area contributed by atoms with Crippen LogP contribution in [0.2, 0.25) is 0 Å². The van der Waals surface area contributed by atoms with Crippen molar-refractivity contribution < 1.29 is 4.74 Å². The van der Waals surface area contributed by atoms with Gasteiger partial charge in [-0.25, -0.2) is 0 Å². The number of methoxy groups -OCH3 is 1. The molecule has 1 aromatic carbocycles. The number of benzene rings is 1. The van der Waals surface area contributed by atoms with Crippen LogP contribution in [0.25, 0.3) is 0 Å². The molecule has 106 valence electrons. The minimum Gasteiger partial charge on any atom is -0.497 e. The van der Waals surface area contributed by atoms with Crippen LogP contribution in [-0.4, -0.2) is 19.1 Å². The highest BCUT2D eigenvalue weighted by Gasteiger charge is 2.12. The molecule has 2 N–H and O–H groups in total. The Balaban J connectivity index is 2.31. The van der Waals surface area contributed by atoms with Crippen molar-refractivity contribution in [1.29, 1.82) is 0 Å². The second-order valence-electron chi connectivity index (χ2n) is 4.33. The van der Waals surface area contributed by atoms with E-state index < -0.39 is 0 Å². The van der Waals surface area contributed by atoms with Gasteiger partial charge in [0, 0.05) is 33.4 Å². The van der Waals surface area contributed by atoms with Gasteiger partial charge in [-0.05, 0) is 34.1 Å². The maximum Gasteiger partial charge on any atom is 0.120 e.